The lowest BCUT2D eigenvalue weighted by Crippen LogP contribution is -2.21. The van der Waals surface area contributed by atoms with Crippen LogP contribution in [-0.4, -0.2) is 6.04 Å². The number of halogens is 2. The van der Waals surface area contributed by atoms with Crippen LogP contribution in [0.15, 0.2) is 42.5 Å². The first kappa shape index (κ1) is 14.8. The van der Waals surface area contributed by atoms with E-state index in [1.165, 1.54) is 6.07 Å². The molecule has 2 nitrogen and oxygen atoms in total. The highest BCUT2D eigenvalue weighted by molar-refractivity contribution is 6.32. The monoisotopic (exact) mass is 293 g/mol. The third kappa shape index (κ3) is 3.71. The molecule has 4 heteroatoms. The Morgan fingerprint density at radius 1 is 1.20 bits per heavy atom. The van der Waals surface area contributed by atoms with Crippen molar-refractivity contribution in [2.24, 2.45) is 5.73 Å². The second-order valence-corrected chi connectivity index (χ2v) is 5.08. The number of para-hydroxylation sites is 1. The summed E-state index contributed by atoms with van der Waals surface area (Å²) in [5.41, 5.74) is 6.73. The van der Waals surface area contributed by atoms with Crippen LogP contribution in [0.5, 0.6) is 11.5 Å². The highest BCUT2D eigenvalue weighted by Gasteiger charge is 2.09. The molecule has 2 rings (SSSR count). The first-order valence-corrected chi connectivity index (χ1v) is 6.94. The topological polar surface area (TPSA) is 35.2 Å². The standard InChI is InChI=1S/C16H17ClFNO/c1-2-12(19)9-11-7-8-16(14(18)10-11)20-15-6-4-3-5-13(15)17/h3-8,10,12H,2,9,19H2,1H3. The van der Waals surface area contributed by atoms with Crippen molar-refractivity contribution in [3.63, 3.8) is 0 Å². The van der Waals surface area contributed by atoms with Gasteiger partial charge in [0.25, 0.3) is 0 Å². The van der Waals surface area contributed by atoms with Crippen molar-refractivity contribution in [3.8, 4) is 11.5 Å². The fourth-order valence-corrected chi connectivity index (χ4v) is 2.02. The van der Waals surface area contributed by atoms with Gasteiger partial charge in [0.05, 0.1) is 5.02 Å². The van der Waals surface area contributed by atoms with E-state index in [2.05, 4.69) is 0 Å². The van der Waals surface area contributed by atoms with Crippen LogP contribution in [0.3, 0.4) is 0 Å². The second kappa shape index (κ2) is 6.73. The Balaban J connectivity index is 2.16. The fraction of sp³-hybridized carbons (Fsp3) is 0.250. The molecule has 0 bridgehead atoms. The number of hydrogen-bond acceptors (Lipinski definition) is 2. The predicted octanol–water partition coefficient (Wildman–Crippen LogP) is 4.55. The van der Waals surface area contributed by atoms with Crippen molar-refractivity contribution < 1.29 is 9.13 Å². The Morgan fingerprint density at radius 3 is 2.60 bits per heavy atom. The maximum absolute atomic E-state index is 14.0. The smallest absolute Gasteiger partial charge is 0.165 e. The van der Waals surface area contributed by atoms with Crippen molar-refractivity contribution in [2.45, 2.75) is 25.8 Å². The minimum Gasteiger partial charge on any atom is -0.453 e. The summed E-state index contributed by atoms with van der Waals surface area (Å²) in [4.78, 5) is 0. The van der Waals surface area contributed by atoms with E-state index in [0.717, 1.165) is 12.0 Å². The van der Waals surface area contributed by atoms with Gasteiger partial charge in [0.2, 0.25) is 0 Å². The minimum absolute atomic E-state index is 0.0461. The van der Waals surface area contributed by atoms with E-state index in [0.29, 0.717) is 17.2 Å². The molecule has 2 N–H and O–H groups in total. The Bertz CT molecular complexity index is 588. The Kier molecular flexibility index (Phi) is 4.99. The van der Waals surface area contributed by atoms with Gasteiger partial charge in [0.15, 0.2) is 11.6 Å². The van der Waals surface area contributed by atoms with Crippen LogP contribution in [0.1, 0.15) is 18.9 Å². The molecule has 1 atom stereocenters. The molecule has 0 amide bonds. The van der Waals surface area contributed by atoms with E-state index < -0.39 is 5.82 Å². The summed E-state index contributed by atoms with van der Waals surface area (Å²) in [5.74, 6) is 0.184. The molecule has 2 aromatic carbocycles. The van der Waals surface area contributed by atoms with Gasteiger partial charge in [0.1, 0.15) is 5.75 Å². The summed E-state index contributed by atoms with van der Waals surface area (Å²) >= 11 is 5.98. The second-order valence-electron chi connectivity index (χ2n) is 4.67. The fourth-order valence-electron chi connectivity index (χ4n) is 1.85. The SMILES string of the molecule is CCC(N)Cc1ccc(Oc2ccccc2Cl)c(F)c1. The number of ether oxygens (including phenoxy) is 1. The molecule has 0 aliphatic heterocycles. The van der Waals surface area contributed by atoms with E-state index in [1.807, 2.05) is 13.0 Å². The first-order valence-electron chi connectivity index (χ1n) is 6.56. The van der Waals surface area contributed by atoms with Gasteiger partial charge in [-0.05, 0) is 42.7 Å². The van der Waals surface area contributed by atoms with Gasteiger partial charge in [-0.25, -0.2) is 4.39 Å². The number of rotatable bonds is 5. The van der Waals surface area contributed by atoms with Crippen LogP contribution in [0.25, 0.3) is 0 Å². The van der Waals surface area contributed by atoms with Crippen LogP contribution in [0.4, 0.5) is 4.39 Å². The van der Waals surface area contributed by atoms with Gasteiger partial charge in [0, 0.05) is 6.04 Å². The Labute approximate surface area is 123 Å². The summed E-state index contributed by atoms with van der Waals surface area (Å²) in [7, 11) is 0. The molecule has 0 radical (unpaired) electrons. The summed E-state index contributed by atoms with van der Waals surface area (Å²) in [6.45, 7) is 2.01. The maximum Gasteiger partial charge on any atom is 0.165 e. The zero-order valence-electron chi connectivity index (χ0n) is 11.3. The lowest BCUT2D eigenvalue weighted by atomic mass is 10.0. The van der Waals surface area contributed by atoms with E-state index in [1.54, 1.807) is 30.3 Å². The third-order valence-electron chi connectivity index (χ3n) is 3.08. The Hall–Kier alpha value is -1.58. The number of hydrogen-bond donors (Lipinski definition) is 1. The van der Waals surface area contributed by atoms with Gasteiger partial charge < -0.3 is 10.5 Å². The van der Waals surface area contributed by atoms with Crippen LogP contribution in [0.2, 0.25) is 5.02 Å². The molecule has 0 fully saturated rings. The summed E-state index contributed by atoms with van der Waals surface area (Å²) < 4.78 is 19.5. The summed E-state index contributed by atoms with van der Waals surface area (Å²) in [5, 5.41) is 0.448. The van der Waals surface area contributed by atoms with Crippen LogP contribution >= 0.6 is 11.6 Å². The van der Waals surface area contributed by atoms with Gasteiger partial charge in [-0.1, -0.05) is 36.7 Å². The molecule has 106 valence electrons. The van der Waals surface area contributed by atoms with E-state index >= 15 is 0 Å². The zero-order valence-corrected chi connectivity index (χ0v) is 12.0. The Morgan fingerprint density at radius 2 is 1.95 bits per heavy atom. The van der Waals surface area contributed by atoms with Gasteiger partial charge >= 0.3 is 0 Å². The van der Waals surface area contributed by atoms with Crippen molar-refractivity contribution in [1.82, 2.24) is 0 Å². The lowest BCUT2D eigenvalue weighted by Gasteiger charge is -2.11. The van der Waals surface area contributed by atoms with Crippen molar-refractivity contribution >= 4 is 11.6 Å². The molecule has 0 saturated heterocycles. The highest BCUT2D eigenvalue weighted by atomic mass is 35.5. The number of benzene rings is 2. The molecule has 1 unspecified atom stereocenters. The molecular weight excluding hydrogens is 277 g/mol. The molecular formula is C16H17ClFNO. The molecule has 0 aromatic heterocycles. The summed E-state index contributed by atoms with van der Waals surface area (Å²) in [6.07, 6.45) is 1.51. The zero-order chi connectivity index (χ0) is 14.5. The van der Waals surface area contributed by atoms with Crippen LogP contribution in [0, 0.1) is 5.82 Å². The van der Waals surface area contributed by atoms with Crippen LogP contribution < -0.4 is 10.5 Å². The minimum atomic E-state index is -0.411. The average Bonchev–Trinajstić information content (AvgIpc) is 2.44. The maximum atomic E-state index is 14.0. The average molecular weight is 294 g/mol. The molecule has 0 spiro atoms. The van der Waals surface area contributed by atoms with Crippen molar-refractivity contribution in [2.75, 3.05) is 0 Å². The van der Waals surface area contributed by atoms with Gasteiger partial charge in [-0.2, -0.15) is 0 Å². The molecule has 0 saturated carbocycles. The van der Waals surface area contributed by atoms with E-state index in [4.69, 9.17) is 22.1 Å². The quantitative estimate of drug-likeness (QED) is 0.877. The van der Waals surface area contributed by atoms with Gasteiger partial charge in [-0.3, -0.25) is 0 Å². The van der Waals surface area contributed by atoms with Crippen molar-refractivity contribution in [3.05, 3.63) is 58.9 Å². The largest absolute Gasteiger partial charge is 0.453 e. The van der Waals surface area contributed by atoms with Gasteiger partial charge in [-0.15, -0.1) is 0 Å². The molecule has 0 aliphatic carbocycles. The number of nitrogens with two attached hydrogens (primary N) is 1. The molecule has 0 aliphatic rings. The summed E-state index contributed by atoms with van der Waals surface area (Å²) in [6, 6.07) is 11.9. The lowest BCUT2D eigenvalue weighted by molar-refractivity contribution is 0.441. The molecule has 20 heavy (non-hydrogen) atoms. The van der Waals surface area contributed by atoms with Crippen molar-refractivity contribution in [1.29, 1.82) is 0 Å². The first-order chi connectivity index (χ1) is 9.60. The van der Waals surface area contributed by atoms with E-state index in [9.17, 15) is 4.39 Å². The predicted molar refractivity (Wildman–Crippen MR) is 79.9 cm³/mol. The highest BCUT2D eigenvalue weighted by Crippen LogP contribution is 2.30. The normalized spacial score (nSPS) is 12.2. The van der Waals surface area contributed by atoms with E-state index in [-0.39, 0.29) is 11.8 Å². The molecule has 0 heterocycles. The van der Waals surface area contributed by atoms with Crippen LogP contribution in [-0.2, 0) is 6.42 Å². The molecule has 2 aromatic rings. The third-order valence-corrected chi connectivity index (χ3v) is 3.39.